The van der Waals surface area contributed by atoms with E-state index in [-0.39, 0.29) is 5.56 Å². The molecule has 5 heteroatoms. The lowest BCUT2D eigenvalue weighted by Gasteiger charge is -2.07. The molecule has 0 saturated carbocycles. The maximum atomic E-state index is 11.6. The minimum Gasteiger partial charge on any atom is -0.309 e. The fraction of sp³-hybridized carbons (Fsp3) is 0.600. The maximum Gasteiger partial charge on any atom is 0.265 e. The average molecular weight is 291 g/mol. The van der Waals surface area contributed by atoms with Crippen molar-refractivity contribution in [2.45, 2.75) is 26.0 Å². The third kappa shape index (κ3) is 3.65. The topological polar surface area (TPSA) is 45.8 Å². The van der Waals surface area contributed by atoms with Gasteiger partial charge in [-0.1, -0.05) is 13.8 Å². The van der Waals surface area contributed by atoms with Crippen LogP contribution in [0.1, 0.15) is 25.4 Å². The van der Waals surface area contributed by atoms with Crippen LogP contribution in [-0.2, 0) is 12.2 Å². The van der Waals surface area contributed by atoms with E-state index >= 15 is 0 Å². The SMILES string of the molecule is CSCc1nc(CC(C)C)c(Br)c(=O)[nH]1. The Morgan fingerprint density at radius 2 is 2.20 bits per heavy atom. The molecule has 0 saturated heterocycles. The number of hydrogen-bond acceptors (Lipinski definition) is 3. The number of rotatable bonds is 4. The first kappa shape index (κ1) is 12.8. The molecule has 0 aliphatic carbocycles. The first-order chi connectivity index (χ1) is 7.04. The summed E-state index contributed by atoms with van der Waals surface area (Å²) < 4.78 is 0.570. The van der Waals surface area contributed by atoms with Gasteiger partial charge < -0.3 is 4.98 Å². The first-order valence-corrected chi connectivity index (χ1v) is 6.99. The standard InChI is InChI=1S/C10H15BrN2OS/c1-6(2)4-7-9(11)10(14)13-8(12-7)5-15-3/h6H,4-5H2,1-3H3,(H,12,13,14). The normalized spacial score (nSPS) is 11.0. The van der Waals surface area contributed by atoms with E-state index in [1.807, 2.05) is 6.26 Å². The number of aromatic amines is 1. The van der Waals surface area contributed by atoms with Gasteiger partial charge in [0.1, 0.15) is 10.3 Å². The largest absolute Gasteiger partial charge is 0.309 e. The first-order valence-electron chi connectivity index (χ1n) is 4.81. The Bertz CT molecular complexity index is 389. The van der Waals surface area contributed by atoms with Crippen LogP contribution in [0.25, 0.3) is 0 Å². The highest BCUT2D eigenvalue weighted by Gasteiger charge is 2.10. The number of H-pyrrole nitrogens is 1. The van der Waals surface area contributed by atoms with Crippen LogP contribution in [0.3, 0.4) is 0 Å². The van der Waals surface area contributed by atoms with E-state index in [0.29, 0.717) is 10.4 Å². The molecular weight excluding hydrogens is 276 g/mol. The van der Waals surface area contributed by atoms with Gasteiger partial charge in [-0.2, -0.15) is 11.8 Å². The monoisotopic (exact) mass is 290 g/mol. The number of aromatic nitrogens is 2. The molecule has 0 spiro atoms. The summed E-state index contributed by atoms with van der Waals surface area (Å²) in [5, 5.41) is 0. The van der Waals surface area contributed by atoms with E-state index in [9.17, 15) is 4.79 Å². The summed E-state index contributed by atoms with van der Waals surface area (Å²) in [6, 6.07) is 0. The Balaban J connectivity index is 3.07. The number of hydrogen-bond donors (Lipinski definition) is 1. The zero-order valence-electron chi connectivity index (χ0n) is 9.13. The van der Waals surface area contributed by atoms with Gasteiger partial charge in [-0.3, -0.25) is 4.79 Å². The van der Waals surface area contributed by atoms with Crippen molar-refractivity contribution < 1.29 is 0 Å². The second-order valence-corrected chi connectivity index (χ2v) is 5.46. The van der Waals surface area contributed by atoms with Crippen LogP contribution >= 0.6 is 27.7 Å². The van der Waals surface area contributed by atoms with Gasteiger partial charge >= 0.3 is 0 Å². The van der Waals surface area contributed by atoms with Gasteiger partial charge in [-0.15, -0.1) is 0 Å². The van der Waals surface area contributed by atoms with Gasteiger partial charge in [0.25, 0.3) is 5.56 Å². The zero-order valence-corrected chi connectivity index (χ0v) is 11.5. The molecule has 0 radical (unpaired) electrons. The molecule has 1 rings (SSSR count). The maximum absolute atomic E-state index is 11.6. The lowest BCUT2D eigenvalue weighted by molar-refractivity contribution is 0.628. The van der Waals surface area contributed by atoms with Crippen LogP contribution in [0.5, 0.6) is 0 Å². The van der Waals surface area contributed by atoms with E-state index in [0.717, 1.165) is 23.7 Å². The summed E-state index contributed by atoms with van der Waals surface area (Å²) in [6.45, 7) is 4.23. The molecule has 1 aromatic rings. The molecule has 1 aromatic heterocycles. The Labute approximate surface area is 102 Å². The summed E-state index contributed by atoms with van der Waals surface area (Å²) in [4.78, 5) is 18.8. The quantitative estimate of drug-likeness (QED) is 0.927. The van der Waals surface area contributed by atoms with Crippen molar-refractivity contribution in [1.82, 2.24) is 9.97 Å². The molecule has 84 valence electrons. The minimum atomic E-state index is -0.0790. The molecule has 15 heavy (non-hydrogen) atoms. The Hall–Kier alpha value is -0.290. The van der Waals surface area contributed by atoms with Crippen molar-refractivity contribution >= 4 is 27.7 Å². The van der Waals surface area contributed by atoms with Crippen molar-refractivity contribution in [2.75, 3.05) is 6.26 Å². The molecule has 0 amide bonds. The molecule has 3 nitrogen and oxygen atoms in total. The summed E-state index contributed by atoms with van der Waals surface area (Å²) >= 11 is 4.93. The second kappa shape index (κ2) is 5.70. The summed E-state index contributed by atoms with van der Waals surface area (Å²) in [7, 11) is 0. The van der Waals surface area contributed by atoms with E-state index in [1.54, 1.807) is 11.8 Å². The van der Waals surface area contributed by atoms with Crippen molar-refractivity contribution in [3.63, 3.8) is 0 Å². The third-order valence-electron chi connectivity index (χ3n) is 1.86. The predicted octanol–water partition coefficient (Wildman–Crippen LogP) is 2.59. The molecule has 1 heterocycles. The predicted molar refractivity (Wildman–Crippen MR) is 68.3 cm³/mol. The van der Waals surface area contributed by atoms with Crippen LogP contribution in [0.4, 0.5) is 0 Å². The van der Waals surface area contributed by atoms with Crippen molar-refractivity contribution in [1.29, 1.82) is 0 Å². The number of nitrogens with one attached hydrogen (secondary N) is 1. The van der Waals surface area contributed by atoms with E-state index in [4.69, 9.17) is 0 Å². The third-order valence-corrected chi connectivity index (χ3v) is 3.24. The number of nitrogens with zero attached hydrogens (tertiary/aromatic N) is 1. The highest BCUT2D eigenvalue weighted by atomic mass is 79.9. The van der Waals surface area contributed by atoms with Gasteiger partial charge in [-0.05, 0) is 34.5 Å². The fourth-order valence-corrected chi connectivity index (χ4v) is 2.04. The molecule has 0 aliphatic rings. The number of halogens is 1. The van der Waals surface area contributed by atoms with Gasteiger partial charge in [0, 0.05) is 0 Å². The zero-order chi connectivity index (χ0) is 11.4. The fourth-order valence-electron chi connectivity index (χ4n) is 1.28. The number of thioether (sulfide) groups is 1. The average Bonchev–Trinajstić information content (AvgIpc) is 2.13. The molecule has 0 bridgehead atoms. The second-order valence-electron chi connectivity index (χ2n) is 3.80. The van der Waals surface area contributed by atoms with Crippen LogP contribution in [-0.4, -0.2) is 16.2 Å². The van der Waals surface area contributed by atoms with Crippen molar-refractivity contribution in [3.05, 3.63) is 26.3 Å². The van der Waals surface area contributed by atoms with Crippen molar-refractivity contribution in [2.24, 2.45) is 5.92 Å². The van der Waals surface area contributed by atoms with Crippen molar-refractivity contribution in [3.8, 4) is 0 Å². The van der Waals surface area contributed by atoms with E-state index in [1.165, 1.54) is 0 Å². The van der Waals surface area contributed by atoms with Crippen LogP contribution in [0.2, 0.25) is 0 Å². The van der Waals surface area contributed by atoms with E-state index in [2.05, 4.69) is 39.7 Å². The molecular formula is C10H15BrN2OS. The van der Waals surface area contributed by atoms with Gasteiger partial charge in [0.2, 0.25) is 0 Å². The highest BCUT2D eigenvalue weighted by Crippen LogP contribution is 2.14. The molecule has 0 fully saturated rings. The Morgan fingerprint density at radius 3 is 2.73 bits per heavy atom. The lowest BCUT2D eigenvalue weighted by atomic mass is 10.1. The molecule has 0 unspecified atom stereocenters. The van der Waals surface area contributed by atoms with Crippen LogP contribution < -0.4 is 5.56 Å². The van der Waals surface area contributed by atoms with Gasteiger partial charge in [0.15, 0.2) is 0 Å². The molecule has 0 atom stereocenters. The van der Waals surface area contributed by atoms with Gasteiger partial charge in [0.05, 0.1) is 11.4 Å². The molecule has 0 aromatic carbocycles. The Morgan fingerprint density at radius 1 is 1.53 bits per heavy atom. The molecule has 1 N–H and O–H groups in total. The highest BCUT2D eigenvalue weighted by molar-refractivity contribution is 9.10. The lowest BCUT2D eigenvalue weighted by Crippen LogP contribution is -2.16. The summed E-state index contributed by atoms with van der Waals surface area (Å²) in [5.41, 5.74) is 0.780. The smallest absolute Gasteiger partial charge is 0.265 e. The Kier molecular flexibility index (Phi) is 4.86. The van der Waals surface area contributed by atoms with E-state index < -0.39 is 0 Å². The van der Waals surface area contributed by atoms with Crippen LogP contribution in [0.15, 0.2) is 9.27 Å². The van der Waals surface area contributed by atoms with Crippen LogP contribution in [0, 0.1) is 5.92 Å². The minimum absolute atomic E-state index is 0.0790. The molecule has 0 aliphatic heterocycles. The van der Waals surface area contributed by atoms with Gasteiger partial charge in [-0.25, -0.2) is 4.98 Å². The summed E-state index contributed by atoms with van der Waals surface area (Å²) in [6.07, 6.45) is 2.82. The summed E-state index contributed by atoms with van der Waals surface area (Å²) in [5.74, 6) is 2.00.